The van der Waals surface area contributed by atoms with Crippen molar-refractivity contribution in [2.75, 3.05) is 0 Å². The predicted octanol–water partition coefficient (Wildman–Crippen LogP) is 1.98. The molecule has 0 heterocycles. The van der Waals surface area contributed by atoms with E-state index in [0.29, 0.717) is 11.3 Å². The Labute approximate surface area is 82.0 Å². The number of carbonyl (C=O) groups is 2. The highest BCUT2D eigenvalue weighted by atomic mass is 16.5. The van der Waals surface area contributed by atoms with Crippen LogP contribution in [0.25, 0.3) is 0 Å². The molecule has 0 N–H and O–H groups in total. The standard InChI is InChI=1S/C11H10O3/c1-3-11(13)14-10-6-4-9(5-7-10)8(2)12/h3-7H,1H2,2H3. The summed E-state index contributed by atoms with van der Waals surface area (Å²) in [6.07, 6.45) is 1.08. The number of carbonyl (C=O) groups excluding carboxylic acids is 2. The summed E-state index contributed by atoms with van der Waals surface area (Å²) in [6.45, 7) is 4.75. The Morgan fingerprint density at radius 1 is 1.29 bits per heavy atom. The normalized spacial score (nSPS) is 9.21. The molecule has 3 nitrogen and oxygen atoms in total. The molecule has 0 saturated heterocycles. The monoisotopic (exact) mass is 190 g/mol. The van der Waals surface area contributed by atoms with Crippen molar-refractivity contribution >= 4 is 11.8 Å². The molecule has 72 valence electrons. The molecular weight excluding hydrogens is 180 g/mol. The van der Waals surface area contributed by atoms with Gasteiger partial charge in [0.2, 0.25) is 0 Å². The van der Waals surface area contributed by atoms with Gasteiger partial charge < -0.3 is 4.74 Å². The molecule has 0 saturated carbocycles. The van der Waals surface area contributed by atoms with Gasteiger partial charge >= 0.3 is 5.97 Å². The molecule has 0 aliphatic carbocycles. The fourth-order valence-electron chi connectivity index (χ4n) is 0.916. The molecular formula is C11H10O3. The van der Waals surface area contributed by atoms with Crippen LogP contribution in [0.3, 0.4) is 0 Å². The van der Waals surface area contributed by atoms with Gasteiger partial charge in [-0.05, 0) is 31.2 Å². The van der Waals surface area contributed by atoms with Gasteiger partial charge in [0.1, 0.15) is 5.75 Å². The van der Waals surface area contributed by atoms with Gasteiger partial charge in [0.05, 0.1) is 0 Å². The minimum atomic E-state index is -0.513. The summed E-state index contributed by atoms with van der Waals surface area (Å²) < 4.78 is 4.83. The number of benzene rings is 1. The second-order valence-electron chi connectivity index (χ2n) is 2.71. The van der Waals surface area contributed by atoms with Crippen LogP contribution in [0.1, 0.15) is 17.3 Å². The van der Waals surface area contributed by atoms with Crippen LogP contribution in [0.15, 0.2) is 36.9 Å². The summed E-state index contributed by atoms with van der Waals surface area (Å²) in [5.74, 6) is -0.132. The Balaban J connectivity index is 2.78. The van der Waals surface area contributed by atoms with Gasteiger partial charge in [-0.15, -0.1) is 0 Å². The summed E-state index contributed by atoms with van der Waals surface area (Å²) in [4.78, 5) is 21.7. The SMILES string of the molecule is C=CC(=O)Oc1ccc(C(C)=O)cc1. The summed E-state index contributed by atoms with van der Waals surface area (Å²) in [7, 11) is 0. The second kappa shape index (κ2) is 4.37. The maximum absolute atomic E-state index is 10.9. The first kappa shape index (κ1) is 10.2. The van der Waals surface area contributed by atoms with E-state index in [2.05, 4.69) is 6.58 Å². The molecule has 0 amide bonds. The molecule has 0 aliphatic heterocycles. The lowest BCUT2D eigenvalue weighted by Crippen LogP contribution is -2.03. The van der Waals surface area contributed by atoms with Crippen molar-refractivity contribution in [3.63, 3.8) is 0 Å². The first-order chi connectivity index (χ1) is 6.63. The first-order valence-corrected chi connectivity index (χ1v) is 4.08. The Morgan fingerprint density at radius 3 is 2.29 bits per heavy atom. The third kappa shape index (κ3) is 2.55. The maximum Gasteiger partial charge on any atom is 0.335 e. The Kier molecular flexibility index (Phi) is 3.18. The van der Waals surface area contributed by atoms with Gasteiger partial charge in [0, 0.05) is 11.6 Å². The van der Waals surface area contributed by atoms with E-state index < -0.39 is 5.97 Å². The van der Waals surface area contributed by atoms with E-state index in [1.165, 1.54) is 6.92 Å². The topological polar surface area (TPSA) is 43.4 Å². The molecule has 0 bridgehead atoms. The Bertz CT molecular complexity index is 363. The second-order valence-corrected chi connectivity index (χ2v) is 2.71. The van der Waals surface area contributed by atoms with Crippen molar-refractivity contribution in [1.82, 2.24) is 0 Å². The van der Waals surface area contributed by atoms with Crippen LogP contribution in [-0.4, -0.2) is 11.8 Å². The highest BCUT2D eigenvalue weighted by Crippen LogP contribution is 2.12. The third-order valence-corrected chi connectivity index (χ3v) is 1.65. The molecule has 0 fully saturated rings. The Hall–Kier alpha value is -1.90. The van der Waals surface area contributed by atoms with E-state index in [-0.39, 0.29) is 5.78 Å². The zero-order valence-electron chi connectivity index (χ0n) is 7.82. The lowest BCUT2D eigenvalue weighted by molar-refractivity contribution is -0.128. The highest BCUT2D eigenvalue weighted by molar-refractivity contribution is 5.94. The largest absolute Gasteiger partial charge is 0.423 e. The number of hydrogen-bond donors (Lipinski definition) is 0. The van der Waals surface area contributed by atoms with Gasteiger partial charge in [0.15, 0.2) is 5.78 Å². The van der Waals surface area contributed by atoms with Crippen LogP contribution in [0.5, 0.6) is 5.75 Å². The van der Waals surface area contributed by atoms with Crippen LogP contribution < -0.4 is 4.74 Å². The zero-order valence-corrected chi connectivity index (χ0v) is 7.82. The van der Waals surface area contributed by atoms with Crippen molar-refractivity contribution in [2.45, 2.75) is 6.92 Å². The molecule has 0 spiro atoms. The molecule has 14 heavy (non-hydrogen) atoms. The number of ketones is 1. The molecule has 0 atom stereocenters. The summed E-state index contributed by atoms with van der Waals surface area (Å²) in [5.41, 5.74) is 0.586. The molecule has 0 unspecified atom stereocenters. The number of rotatable bonds is 3. The van der Waals surface area contributed by atoms with Crippen LogP contribution in [-0.2, 0) is 4.79 Å². The van der Waals surface area contributed by atoms with E-state index >= 15 is 0 Å². The highest BCUT2D eigenvalue weighted by Gasteiger charge is 2.01. The molecule has 1 rings (SSSR count). The van der Waals surface area contributed by atoms with E-state index in [1.54, 1.807) is 24.3 Å². The zero-order chi connectivity index (χ0) is 10.6. The summed E-state index contributed by atoms with van der Waals surface area (Å²) in [5, 5.41) is 0. The van der Waals surface area contributed by atoms with E-state index in [0.717, 1.165) is 6.08 Å². The molecule has 1 aromatic rings. The molecule has 0 radical (unpaired) electrons. The van der Waals surface area contributed by atoms with Crippen molar-refractivity contribution in [2.24, 2.45) is 0 Å². The molecule has 1 aromatic carbocycles. The van der Waals surface area contributed by atoms with Gasteiger partial charge in [-0.25, -0.2) is 4.79 Å². The van der Waals surface area contributed by atoms with Crippen molar-refractivity contribution in [1.29, 1.82) is 0 Å². The van der Waals surface area contributed by atoms with Gasteiger partial charge in [-0.1, -0.05) is 6.58 Å². The fraction of sp³-hybridized carbons (Fsp3) is 0.0909. The molecule has 0 aliphatic rings. The van der Waals surface area contributed by atoms with Crippen molar-refractivity contribution < 1.29 is 14.3 Å². The fourth-order valence-corrected chi connectivity index (χ4v) is 0.916. The maximum atomic E-state index is 10.9. The first-order valence-electron chi connectivity index (χ1n) is 4.08. The smallest absolute Gasteiger partial charge is 0.335 e. The number of ether oxygens (including phenoxy) is 1. The number of esters is 1. The minimum absolute atomic E-state index is 0.0217. The van der Waals surface area contributed by atoms with Gasteiger partial charge in [0.25, 0.3) is 0 Å². The van der Waals surface area contributed by atoms with Crippen LogP contribution in [0.4, 0.5) is 0 Å². The molecule has 0 aromatic heterocycles. The summed E-state index contributed by atoms with van der Waals surface area (Å²) in [6, 6.07) is 6.35. The van der Waals surface area contributed by atoms with Crippen LogP contribution in [0, 0.1) is 0 Å². The lowest BCUT2D eigenvalue weighted by Gasteiger charge is -2.01. The van der Waals surface area contributed by atoms with Crippen molar-refractivity contribution in [3.05, 3.63) is 42.5 Å². The number of Topliss-reactive ketones (excluding diaryl/α,β-unsaturated/α-hetero) is 1. The number of hydrogen-bond acceptors (Lipinski definition) is 3. The minimum Gasteiger partial charge on any atom is -0.423 e. The summed E-state index contributed by atoms with van der Waals surface area (Å²) >= 11 is 0. The lowest BCUT2D eigenvalue weighted by atomic mass is 10.1. The van der Waals surface area contributed by atoms with E-state index in [9.17, 15) is 9.59 Å². The van der Waals surface area contributed by atoms with Crippen LogP contribution in [0.2, 0.25) is 0 Å². The third-order valence-electron chi connectivity index (χ3n) is 1.65. The molecule has 3 heteroatoms. The van der Waals surface area contributed by atoms with Crippen LogP contribution >= 0.6 is 0 Å². The van der Waals surface area contributed by atoms with Gasteiger partial charge in [-0.3, -0.25) is 4.79 Å². The van der Waals surface area contributed by atoms with E-state index in [4.69, 9.17) is 4.74 Å². The average molecular weight is 190 g/mol. The Morgan fingerprint density at radius 2 is 1.86 bits per heavy atom. The van der Waals surface area contributed by atoms with E-state index in [1.807, 2.05) is 0 Å². The average Bonchev–Trinajstić information content (AvgIpc) is 2.18. The predicted molar refractivity (Wildman–Crippen MR) is 52.3 cm³/mol. The van der Waals surface area contributed by atoms with Gasteiger partial charge in [-0.2, -0.15) is 0 Å². The quantitative estimate of drug-likeness (QED) is 0.317. The van der Waals surface area contributed by atoms with Crippen molar-refractivity contribution in [3.8, 4) is 5.75 Å².